The molecule has 3 aromatic carbocycles. The molecule has 1 aliphatic heterocycles. The zero-order chi connectivity index (χ0) is 22.8. The number of phenols is 1. The summed E-state index contributed by atoms with van der Waals surface area (Å²) in [7, 11) is 0. The third kappa shape index (κ3) is 3.86. The Morgan fingerprint density at radius 1 is 1.06 bits per heavy atom. The van der Waals surface area contributed by atoms with Gasteiger partial charge in [0.25, 0.3) is 0 Å². The van der Waals surface area contributed by atoms with Gasteiger partial charge < -0.3 is 20.3 Å². The number of hydrogen-bond donors (Lipinski definition) is 3. The molecule has 4 aromatic rings. The smallest absolute Gasteiger partial charge is 0.244 e. The summed E-state index contributed by atoms with van der Waals surface area (Å²) in [5, 5.41) is 27.1. The van der Waals surface area contributed by atoms with Crippen molar-refractivity contribution < 1.29 is 14.6 Å². The number of allylic oxidation sites excluding steroid dienone is 1. The van der Waals surface area contributed by atoms with E-state index in [0.717, 1.165) is 16.9 Å². The quantitative estimate of drug-likeness (QED) is 0.422. The Morgan fingerprint density at radius 3 is 2.58 bits per heavy atom. The molecule has 5 rings (SSSR count). The maximum Gasteiger partial charge on any atom is 0.244 e. The highest BCUT2D eigenvalue weighted by Gasteiger charge is 2.35. The number of ether oxygens (including phenoxy) is 2. The number of H-pyrrole nitrogens is 1. The molecule has 162 valence electrons. The molecule has 0 amide bonds. The van der Waals surface area contributed by atoms with E-state index >= 15 is 0 Å². The number of benzene rings is 3. The first kappa shape index (κ1) is 20.2. The van der Waals surface area contributed by atoms with E-state index in [1.54, 1.807) is 18.2 Å². The van der Waals surface area contributed by atoms with E-state index < -0.39 is 5.92 Å². The van der Waals surface area contributed by atoms with Crippen LogP contribution < -0.4 is 15.2 Å². The van der Waals surface area contributed by atoms with Crippen molar-refractivity contribution in [3.63, 3.8) is 0 Å². The molecule has 2 heterocycles. The van der Waals surface area contributed by atoms with Crippen LogP contribution in [0.2, 0.25) is 0 Å². The van der Waals surface area contributed by atoms with Crippen LogP contribution in [0, 0.1) is 11.3 Å². The van der Waals surface area contributed by atoms with Crippen LogP contribution in [0.15, 0.2) is 90.3 Å². The molecule has 1 unspecified atom stereocenters. The average molecular weight is 436 g/mol. The number of nitrogens with zero attached hydrogens (tertiary/aromatic N) is 2. The van der Waals surface area contributed by atoms with E-state index in [2.05, 4.69) is 16.3 Å². The number of rotatable bonds is 5. The highest BCUT2D eigenvalue weighted by atomic mass is 16.5. The Bertz CT molecular complexity index is 1370. The van der Waals surface area contributed by atoms with Gasteiger partial charge >= 0.3 is 0 Å². The Morgan fingerprint density at radius 2 is 1.85 bits per heavy atom. The number of hydrogen-bond acceptors (Lipinski definition) is 6. The van der Waals surface area contributed by atoms with Gasteiger partial charge in [-0.25, -0.2) is 0 Å². The van der Waals surface area contributed by atoms with E-state index in [9.17, 15) is 10.4 Å². The van der Waals surface area contributed by atoms with E-state index in [-0.39, 0.29) is 17.2 Å². The highest BCUT2D eigenvalue weighted by Crippen LogP contribution is 2.46. The first-order chi connectivity index (χ1) is 16.1. The van der Waals surface area contributed by atoms with Crippen molar-refractivity contribution in [1.29, 1.82) is 5.26 Å². The summed E-state index contributed by atoms with van der Waals surface area (Å²) in [6.07, 6.45) is 0. The average Bonchev–Trinajstić information content (AvgIpc) is 3.26. The number of aromatic nitrogens is 2. The summed E-state index contributed by atoms with van der Waals surface area (Å²) in [6, 6.07) is 26.5. The molecule has 7 nitrogen and oxygen atoms in total. The van der Waals surface area contributed by atoms with E-state index in [1.165, 1.54) is 0 Å². The molecular weight excluding hydrogens is 416 g/mol. The van der Waals surface area contributed by atoms with Crippen molar-refractivity contribution in [2.45, 2.75) is 12.5 Å². The molecule has 0 spiro atoms. The van der Waals surface area contributed by atoms with Gasteiger partial charge in [-0.2, -0.15) is 5.26 Å². The Kier molecular flexibility index (Phi) is 5.17. The van der Waals surface area contributed by atoms with Crippen LogP contribution in [0.1, 0.15) is 22.6 Å². The number of phenolic OH excluding ortho intramolecular Hbond substituents is 1. The second kappa shape index (κ2) is 8.44. The molecular formula is C26H20N4O3. The number of fused-ring (bicyclic) bond motifs is 1. The van der Waals surface area contributed by atoms with Gasteiger partial charge in [0.05, 0.1) is 17.2 Å². The summed E-state index contributed by atoms with van der Waals surface area (Å²) < 4.78 is 11.5. The zero-order valence-corrected chi connectivity index (χ0v) is 17.5. The standard InChI is InChI=1S/C26H20N4O3/c27-14-21-22(18-7-4-8-19(31)13-18)23-24(29-30-26(23)33-25(21)28)17-9-11-20(12-10-17)32-15-16-5-2-1-3-6-16/h1-13,22,31H,15,28H2,(H,29,30). The fraction of sp³-hybridized carbons (Fsp3) is 0.0769. The molecule has 1 atom stereocenters. The highest BCUT2D eigenvalue weighted by molar-refractivity contribution is 5.71. The molecule has 0 radical (unpaired) electrons. The van der Waals surface area contributed by atoms with Gasteiger partial charge in [0.2, 0.25) is 11.8 Å². The zero-order valence-electron chi connectivity index (χ0n) is 17.5. The SMILES string of the molecule is N#CC1=C(N)Oc2n[nH]c(-c3ccc(OCc4ccccc4)cc3)c2C1c1cccc(O)c1. The van der Waals surface area contributed by atoms with Crippen molar-refractivity contribution in [1.82, 2.24) is 10.2 Å². The van der Waals surface area contributed by atoms with Crippen molar-refractivity contribution >= 4 is 0 Å². The molecule has 4 N–H and O–H groups in total. The lowest BCUT2D eigenvalue weighted by Crippen LogP contribution is -2.20. The molecule has 0 bridgehead atoms. The van der Waals surface area contributed by atoms with Crippen LogP contribution in [0.3, 0.4) is 0 Å². The predicted molar refractivity (Wildman–Crippen MR) is 122 cm³/mol. The van der Waals surface area contributed by atoms with Gasteiger partial charge in [-0.05, 0) is 47.5 Å². The number of aromatic amines is 1. The van der Waals surface area contributed by atoms with Gasteiger partial charge in [0.1, 0.15) is 29.7 Å². The lowest BCUT2D eigenvalue weighted by Gasteiger charge is -2.24. The lowest BCUT2D eigenvalue weighted by atomic mass is 9.83. The summed E-state index contributed by atoms with van der Waals surface area (Å²) in [5.41, 5.74) is 10.3. The van der Waals surface area contributed by atoms with Gasteiger partial charge in [0, 0.05) is 5.56 Å². The molecule has 33 heavy (non-hydrogen) atoms. The third-order valence-corrected chi connectivity index (χ3v) is 5.53. The summed E-state index contributed by atoms with van der Waals surface area (Å²) >= 11 is 0. The van der Waals surface area contributed by atoms with Crippen LogP contribution >= 0.6 is 0 Å². The van der Waals surface area contributed by atoms with Crippen LogP contribution in [0.5, 0.6) is 17.4 Å². The minimum atomic E-state index is -0.534. The van der Waals surface area contributed by atoms with Crippen LogP contribution in [0.4, 0.5) is 0 Å². The van der Waals surface area contributed by atoms with Crippen molar-refractivity contribution in [2.75, 3.05) is 0 Å². The topological polar surface area (TPSA) is 117 Å². The molecule has 1 aliphatic rings. The lowest BCUT2D eigenvalue weighted by molar-refractivity contribution is 0.306. The minimum Gasteiger partial charge on any atom is -0.508 e. The number of nitriles is 1. The Labute approximate surface area is 190 Å². The molecule has 0 saturated heterocycles. The summed E-state index contributed by atoms with van der Waals surface area (Å²) in [5.74, 6) is 0.605. The van der Waals surface area contributed by atoms with Gasteiger partial charge in [-0.3, -0.25) is 5.10 Å². The van der Waals surface area contributed by atoms with Crippen LogP contribution in [0.25, 0.3) is 11.3 Å². The summed E-state index contributed by atoms with van der Waals surface area (Å²) in [4.78, 5) is 0. The van der Waals surface area contributed by atoms with E-state index in [0.29, 0.717) is 29.3 Å². The second-order valence-corrected chi connectivity index (χ2v) is 7.64. The number of nitrogens with two attached hydrogens (primary N) is 1. The second-order valence-electron chi connectivity index (χ2n) is 7.64. The van der Waals surface area contributed by atoms with Gasteiger partial charge in [0.15, 0.2) is 0 Å². The molecule has 0 aliphatic carbocycles. The van der Waals surface area contributed by atoms with Gasteiger partial charge in [-0.1, -0.05) is 42.5 Å². The largest absolute Gasteiger partial charge is 0.508 e. The maximum atomic E-state index is 10.0. The van der Waals surface area contributed by atoms with Crippen LogP contribution in [-0.2, 0) is 6.61 Å². The maximum absolute atomic E-state index is 10.0. The molecule has 0 fully saturated rings. The summed E-state index contributed by atoms with van der Waals surface area (Å²) in [6.45, 7) is 0.475. The van der Waals surface area contributed by atoms with Crippen molar-refractivity contribution in [2.24, 2.45) is 5.73 Å². The Hall–Kier alpha value is -4.70. The van der Waals surface area contributed by atoms with Gasteiger partial charge in [-0.15, -0.1) is 5.10 Å². The minimum absolute atomic E-state index is 0.000975. The fourth-order valence-corrected chi connectivity index (χ4v) is 3.96. The number of nitrogens with one attached hydrogen (secondary N) is 1. The fourth-order valence-electron chi connectivity index (χ4n) is 3.96. The Balaban J connectivity index is 1.49. The van der Waals surface area contributed by atoms with Crippen molar-refractivity contribution in [3.05, 3.63) is 107 Å². The first-order valence-corrected chi connectivity index (χ1v) is 10.4. The van der Waals surface area contributed by atoms with Crippen LogP contribution in [-0.4, -0.2) is 15.3 Å². The van der Waals surface area contributed by atoms with E-state index in [4.69, 9.17) is 15.2 Å². The first-order valence-electron chi connectivity index (χ1n) is 10.4. The third-order valence-electron chi connectivity index (χ3n) is 5.53. The number of aromatic hydroxyl groups is 1. The predicted octanol–water partition coefficient (Wildman–Crippen LogP) is 4.58. The molecule has 7 heteroatoms. The molecule has 1 aromatic heterocycles. The van der Waals surface area contributed by atoms with Crippen molar-refractivity contribution in [3.8, 4) is 34.7 Å². The monoisotopic (exact) mass is 436 g/mol. The van der Waals surface area contributed by atoms with E-state index in [1.807, 2.05) is 60.7 Å². The normalized spacial score (nSPS) is 14.8. The molecule has 0 saturated carbocycles.